The van der Waals surface area contributed by atoms with Crippen LogP contribution >= 0.6 is 11.6 Å². The summed E-state index contributed by atoms with van der Waals surface area (Å²) in [6.45, 7) is 10.6. The van der Waals surface area contributed by atoms with Gasteiger partial charge >= 0.3 is 0 Å². The number of rotatable bonds is 23. The Morgan fingerprint density at radius 1 is 0.824 bits per heavy atom. The molecule has 2 N–H and O–H groups in total. The highest BCUT2D eigenvalue weighted by atomic mass is 35.5. The maximum absolute atomic E-state index is 13.3. The van der Waals surface area contributed by atoms with E-state index in [-0.39, 0.29) is 41.2 Å². The molecule has 1 unspecified atom stereocenters. The monoisotopic (exact) mass is 1060 g/mol. The molecule has 4 aliphatic rings. The van der Waals surface area contributed by atoms with E-state index in [1.165, 1.54) is 0 Å². The zero-order valence-electron chi connectivity index (χ0n) is 42.2. The highest BCUT2D eigenvalue weighted by Gasteiger charge is 2.45. The number of nitrogens with one attached hydrogen (secondary N) is 2. The van der Waals surface area contributed by atoms with Crippen LogP contribution in [0.25, 0.3) is 0 Å². The molecule has 1 aromatic heterocycles. The molecule has 0 spiro atoms. The minimum atomic E-state index is -3.50. The van der Waals surface area contributed by atoms with Gasteiger partial charge in [-0.3, -0.25) is 39.1 Å². The molecule has 0 radical (unpaired) electrons. The number of aromatic nitrogens is 2. The summed E-state index contributed by atoms with van der Waals surface area (Å²) in [5.41, 5.74) is 4.08. The summed E-state index contributed by atoms with van der Waals surface area (Å²) in [6, 6.07) is 17.5. The van der Waals surface area contributed by atoms with E-state index >= 15 is 0 Å². The molecular formula is C53H65ClN8O11S. The molecular weight excluding hydrogens is 992 g/mol. The Hall–Kier alpha value is -6.03. The summed E-state index contributed by atoms with van der Waals surface area (Å²) in [4.78, 5) is 80.7. The number of sulfone groups is 1. The predicted octanol–water partition coefficient (Wildman–Crippen LogP) is 4.57. The van der Waals surface area contributed by atoms with Gasteiger partial charge in [-0.05, 0) is 62.9 Å². The van der Waals surface area contributed by atoms with Crippen molar-refractivity contribution >= 4 is 62.3 Å². The summed E-state index contributed by atoms with van der Waals surface area (Å²) < 4.78 is 49.0. The lowest BCUT2D eigenvalue weighted by Gasteiger charge is -2.43. The van der Waals surface area contributed by atoms with Gasteiger partial charge in [0.25, 0.3) is 11.8 Å². The van der Waals surface area contributed by atoms with E-state index in [1.807, 2.05) is 11.0 Å². The molecule has 4 aliphatic heterocycles. The maximum atomic E-state index is 13.3. The third-order valence-corrected chi connectivity index (χ3v) is 16.6. The smallest absolute Gasteiger partial charge is 0.264 e. The van der Waals surface area contributed by atoms with Crippen LogP contribution in [-0.2, 0) is 51.3 Å². The molecule has 21 heteroatoms. The van der Waals surface area contributed by atoms with Gasteiger partial charge in [0.2, 0.25) is 17.7 Å². The second-order valence-corrected chi connectivity index (χ2v) is 21.8. The second-order valence-electron chi connectivity index (χ2n) is 19.0. The van der Waals surface area contributed by atoms with Crippen molar-refractivity contribution in [2.75, 3.05) is 103 Å². The highest BCUT2D eigenvalue weighted by Crippen LogP contribution is 2.34. The fourth-order valence-electron chi connectivity index (χ4n) is 9.87. The molecule has 8 rings (SSSR count). The summed E-state index contributed by atoms with van der Waals surface area (Å²) in [5, 5.41) is 5.17. The van der Waals surface area contributed by atoms with Crippen LogP contribution in [-0.4, -0.2) is 173 Å². The van der Waals surface area contributed by atoms with Crippen LogP contribution in [0.15, 0.2) is 71.8 Å². The number of hydrogen-bond acceptors (Lipinski definition) is 16. The van der Waals surface area contributed by atoms with E-state index in [9.17, 15) is 32.4 Å². The largest absolute Gasteiger partial charge is 0.496 e. The van der Waals surface area contributed by atoms with E-state index in [2.05, 4.69) is 43.6 Å². The second kappa shape index (κ2) is 25.0. The zero-order chi connectivity index (χ0) is 52.4. The normalized spacial score (nSPS) is 17.8. The summed E-state index contributed by atoms with van der Waals surface area (Å²) in [6.07, 6.45) is 4.72. The van der Waals surface area contributed by atoms with Crippen molar-refractivity contribution in [3.05, 3.63) is 106 Å². The Morgan fingerprint density at radius 3 is 2.26 bits per heavy atom. The van der Waals surface area contributed by atoms with Crippen molar-refractivity contribution < 1.29 is 51.3 Å². The summed E-state index contributed by atoms with van der Waals surface area (Å²) >= 11 is 6.55. The SMILES string of the molecule is COc1cc(N2CCC(N3CCN(C(=O)CCOCCOCCOCCNc4cccc5c4C(=O)N(C4CCC(=O)NC4=O)C5=O)CC3)CC2)ccc1Cc1ncc(Cl)c(Cc2ccccc2S(=O)(=O)C(C)C)n1. The van der Waals surface area contributed by atoms with Crippen LogP contribution < -0.4 is 20.3 Å². The Balaban J connectivity index is 0.679. The quantitative estimate of drug-likeness (QED) is 0.0768. The fraction of sp³-hybridized carbons (Fsp3) is 0.491. The van der Waals surface area contributed by atoms with Gasteiger partial charge in [0.05, 0.1) is 85.2 Å². The zero-order valence-corrected chi connectivity index (χ0v) is 43.8. The number of ether oxygens (including phenoxy) is 4. The van der Waals surface area contributed by atoms with Gasteiger partial charge in [0.15, 0.2) is 9.84 Å². The van der Waals surface area contributed by atoms with Crippen molar-refractivity contribution in [2.45, 2.75) is 81.0 Å². The van der Waals surface area contributed by atoms with Gasteiger partial charge in [-0.25, -0.2) is 18.4 Å². The fourth-order valence-corrected chi connectivity index (χ4v) is 11.3. The van der Waals surface area contributed by atoms with Gasteiger partial charge in [0.1, 0.15) is 17.6 Å². The number of carbonyl (C=O) groups is 5. The molecule has 0 bridgehead atoms. The Morgan fingerprint density at radius 2 is 1.54 bits per heavy atom. The Labute approximate surface area is 437 Å². The minimum Gasteiger partial charge on any atom is -0.496 e. The topological polar surface area (TPSA) is 219 Å². The highest BCUT2D eigenvalue weighted by molar-refractivity contribution is 7.92. The molecule has 0 saturated carbocycles. The van der Waals surface area contributed by atoms with E-state index < -0.39 is 44.8 Å². The van der Waals surface area contributed by atoms with E-state index in [0.29, 0.717) is 106 Å². The minimum absolute atomic E-state index is 0.0533. The number of piperidine rings is 2. The molecule has 396 valence electrons. The van der Waals surface area contributed by atoms with Gasteiger partial charge in [-0.2, -0.15) is 0 Å². The lowest BCUT2D eigenvalue weighted by Crippen LogP contribution is -2.54. The number of methoxy groups -OCH3 is 1. The number of fused-ring (bicyclic) bond motifs is 1. The summed E-state index contributed by atoms with van der Waals surface area (Å²) in [7, 11) is -1.84. The molecule has 74 heavy (non-hydrogen) atoms. The number of hydrogen-bond donors (Lipinski definition) is 2. The first kappa shape index (κ1) is 54.2. The average molecular weight is 1060 g/mol. The molecule has 19 nitrogen and oxygen atoms in total. The van der Waals surface area contributed by atoms with Crippen molar-refractivity contribution in [2.24, 2.45) is 0 Å². The first-order chi connectivity index (χ1) is 35.7. The van der Waals surface area contributed by atoms with E-state index in [4.69, 9.17) is 35.5 Å². The van der Waals surface area contributed by atoms with Crippen LogP contribution in [0.1, 0.15) is 89.3 Å². The van der Waals surface area contributed by atoms with E-state index in [0.717, 1.165) is 60.9 Å². The van der Waals surface area contributed by atoms with Crippen molar-refractivity contribution in [3.63, 3.8) is 0 Å². The number of benzene rings is 3. The van der Waals surface area contributed by atoms with Crippen molar-refractivity contribution in [3.8, 4) is 5.75 Å². The average Bonchev–Trinajstić information content (AvgIpc) is 3.66. The number of halogens is 1. The van der Waals surface area contributed by atoms with Gasteiger partial charge in [-0.15, -0.1) is 0 Å². The molecule has 5 heterocycles. The van der Waals surface area contributed by atoms with Gasteiger partial charge in [0, 0.05) is 100 Å². The molecule has 3 fully saturated rings. The van der Waals surface area contributed by atoms with Crippen LogP contribution in [0.5, 0.6) is 5.75 Å². The number of carbonyl (C=O) groups excluding carboxylic acids is 5. The van der Waals surface area contributed by atoms with Crippen LogP contribution in [0.4, 0.5) is 11.4 Å². The van der Waals surface area contributed by atoms with Crippen LogP contribution in [0.3, 0.4) is 0 Å². The van der Waals surface area contributed by atoms with Gasteiger partial charge < -0.3 is 34.1 Å². The third-order valence-electron chi connectivity index (χ3n) is 14.0. The van der Waals surface area contributed by atoms with Gasteiger partial charge in [-0.1, -0.05) is 41.9 Å². The molecule has 3 aromatic carbocycles. The Bertz CT molecular complexity index is 2800. The molecule has 1 atom stereocenters. The van der Waals surface area contributed by atoms with Crippen molar-refractivity contribution in [1.29, 1.82) is 0 Å². The number of nitrogens with zero attached hydrogens (tertiary/aromatic N) is 6. The number of amides is 5. The molecule has 0 aliphatic carbocycles. The van der Waals surface area contributed by atoms with Crippen LogP contribution in [0.2, 0.25) is 5.02 Å². The molecule has 3 saturated heterocycles. The first-order valence-electron chi connectivity index (χ1n) is 25.3. The number of imide groups is 2. The summed E-state index contributed by atoms with van der Waals surface area (Å²) in [5.74, 6) is -0.824. The predicted molar refractivity (Wildman–Crippen MR) is 276 cm³/mol. The third kappa shape index (κ3) is 12.9. The first-order valence-corrected chi connectivity index (χ1v) is 27.2. The van der Waals surface area contributed by atoms with E-state index in [1.54, 1.807) is 63.6 Å². The van der Waals surface area contributed by atoms with Crippen molar-refractivity contribution in [1.82, 2.24) is 30.0 Å². The Kier molecular flexibility index (Phi) is 18.3. The lowest BCUT2D eigenvalue weighted by atomic mass is 10.0. The maximum Gasteiger partial charge on any atom is 0.264 e. The molecule has 5 amide bonds. The lowest BCUT2D eigenvalue weighted by molar-refractivity contribution is -0.136. The number of anilines is 2. The number of piperazine rings is 1. The molecule has 4 aromatic rings. The standard InChI is InChI=1S/C53H65ClN8O11S/c1-35(2)74(68,69)46-10-5-4-7-37(46)31-43-41(54)34-56-47(57-43)32-36-11-12-39(33-45(36)70-3)59-19-15-38(16-20-59)60-21-23-61(24-22-60)49(64)17-25-71-27-29-73-30-28-72-26-18-55-42-9-6-8-40-50(42)53(67)62(52(40)66)44-13-14-48(63)58-51(44)65/h4-12,33-35,38,44,55H,13-32H2,1-3H3,(H,58,63,65). The van der Waals surface area contributed by atoms with Crippen LogP contribution in [0, 0.1) is 0 Å².